The molecule has 1 atom stereocenters. The first-order valence-corrected chi connectivity index (χ1v) is 2.96. The van der Waals surface area contributed by atoms with Crippen LogP contribution in [0.2, 0.25) is 0 Å². The molecule has 1 unspecified atom stereocenters. The van der Waals surface area contributed by atoms with Crippen molar-refractivity contribution in [2.75, 3.05) is 0 Å². The number of hydrogen-bond acceptors (Lipinski definition) is 5. The topological polar surface area (TPSA) is 107 Å². The van der Waals surface area contributed by atoms with Crippen LogP contribution in [0.25, 0.3) is 0 Å². The Bertz CT molecular complexity index is 146. The van der Waals surface area contributed by atoms with Crippen molar-refractivity contribution in [1.29, 1.82) is 0 Å². The SMILES string of the molecule is O=NC(CC(=O)O)CC(O)O. The average Bonchev–Trinajstić information content (AvgIpc) is 1.84. The molecule has 0 aliphatic carbocycles. The second-order valence-corrected chi connectivity index (χ2v) is 2.07. The Labute approximate surface area is 62.4 Å². The van der Waals surface area contributed by atoms with Crippen molar-refractivity contribution in [3.05, 3.63) is 4.91 Å². The van der Waals surface area contributed by atoms with Gasteiger partial charge in [0.15, 0.2) is 6.29 Å². The minimum absolute atomic E-state index is 0.337. The van der Waals surface area contributed by atoms with Gasteiger partial charge in [-0.25, -0.2) is 0 Å². The molecule has 6 nitrogen and oxygen atoms in total. The molecular formula is C5H9NO5. The van der Waals surface area contributed by atoms with Crippen LogP contribution in [0.15, 0.2) is 5.18 Å². The van der Waals surface area contributed by atoms with E-state index >= 15 is 0 Å². The molecule has 0 aliphatic rings. The number of carbonyl (C=O) groups is 1. The molecule has 0 fully saturated rings. The van der Waals surface area contributed by atoms with Gasteiger partial charge < -0.3 is 15.3 Å². The fourth-order valence-electron chi connectivity index (χ4n) is 0.609. The summed E-state index contributed by atoms with van der Waals surface area (Å²) in [6, 6.07) is -1.06. The molecule has 0 saturated heterocycles. The van der Waals surface area contributed by atoms with E-state index in [1.54, 1.807) is 0 Å². The first-order valence-electron chi connectivity index (χ1n) is 2.96. The maximum absolute atomic E-state index is 9.99. The molecule has 0 aromatic rings. The van der Waals surface area contributed by atoms with Gasteiger partial charge in [-0.15, -0.1) is 0 Å². The van der Waals surface area contributed by atoms with Crippen LogP contribution in [0.3, 0.4) is 0 Å². The number of rotatable bonds is 5. The summed E-state index contributed by atoms with van der Waals surface area (Å²) in [6.07, 6.45) is -2.49. The lowest BCUT2D eigenvalue weighted by atomic mass is 10.1. The normalized spacial score (nSPS) is 13.0. The van der Waals surface area contributed by atoms with Crippen molar-refractivity contribution in [3.63, 3.8) is 0 Å². The van der Waals surface area contributed by atoms with Gasteiger partial charge >= 0.3 is 5.97 Å². The summed E-state index contributed by atoms with van der Waals surface area (Å²) >= 11 is 0. The van der Waals surface area contributed by atoms with Gasteiger partial charge in [0.25, 0.3) is 0 Å². The third kappa shape index (κ3) is 5.43. The Balaban J connectivity index is 3.76. The van der Waals surface area contributed by atoms with Gasteiger partial charge in [0.1, 0.15) is 6.04 Å². The first kappa shape index (κ1) is 9.99. The molecule has 0 aromatic heterocycles. The lowest BCUT2D eigenvalue weighted by molar-refractivity contribution is -0.137. The Hall–Kier alpha value is -1.01. The molecule has 0 amide bonds. The Kier molecular flexibility index (Phi) is 4.32. The molecule has 64 valence electrons. The zero-order valence-electron chi connectivity index (χ0n) is 5.67. The zero-order valence-corrected chi connectivity index (χ0v) is 5.67. The number of nitrogens with zero attached hydrogens (tertiary/aromatic N) is 1. The Morgan fingerprint density at radius 3 is 2.27 bits per heavy atom. The van der Waals surface area contributed by atoms with Crippen LogP contribution >= 0.6 is 0 Å². The van der Waals surface area contributed by atoms with Crippen molar-refractivity contribution < 1.29 is 20.1 Å². The molecule has 3 N–H and O–H groups in total. The zero-order chi connectivity index (χ0) is 8.85. The van der Waals surface area contributed by atoms with Crippen molar-refractivity contribution in [3.8, 4) is 0 Å². The monoisotopic (exact) mass is 163 g/mol. The average molecular weight is 163 g/mol. The van der Waals surface area contributed by atoms with Crippen LogP contribution in [0, 0.1) is 4.91 Å². The predicted molar refractivity (Wildman–Crippen MR) is 34.7 cm³/mol. The van der Waals surface area contributed by atoms with Gasteiger partial charge in [-0.05, 0) is 0 Å². The van der Waals surface area contributed by atoms with Crippen LogP contribution in [-0.2, 0) is 4.79 Å². The van der Waals surface area contributed by atoms with Crippen LogP contribution in [0.1, 0.15) is 12.8 Å². The second kappa shape index (κ2) is 4.75. The standard InChI is InChI=1S/C5H9NO5/c7-4(8)1-3(6-11)2-5(9)10/h3-4,7-8H,1-2H2,(H,9,10). The van der Waals surface area contributed by atoms with E-state index in [-0.39, 0.29) is 6.42 Å². The molecule has 0 aromatic carbocycles. The van der Waals surface area contributed by atoms with Crippen molar-refractivity contribution in [2.45, 2.75) is 25.2 Å². The number of carboxylic acid groups (broad SMARTS) is 1. The van der Waals surface area contributed by atoms with Gasteiger partial charge in [0.05, 0.1) is 6.42 Å². The number of aliphatic hydroxyl groups excluding tert-OH is 1. The fourth-order valence-corrected chi connectivity index (χ4v) is 0.609. The summed E-state index contributed by atoms with van der Waals surface area (Å²) < 4.78 is 0. The number of aliphatic hydroxyl groups is 2. The Morgan fingerprint density at radius 1 is 1.45 bits per heavy atom. The smallest absolute Gasteiger partial charge is 0.305 e. The Morgan fingerprint density at radius 2 is 2.00 bits per heavy atom. The third-order valence-corrected chi connectivity index (χ3v) is 1.04. The number of nitroso groups, excluding NO2 is 1. The van der Waals surface area contributed by atoms with Gasteiger partial charge in [-0.1, -0.05) is 5.18 Å². The molecule has 11 heavy (non-hydrogen) atoms. The summed E-state index contributed by atoms with van der Waals surface area (Å²) in [6.45, 7) is 0. The van der Waals surface area contributed by atoms with Gasteiger partial charge in [-0.2, -0.15) is 4.91 Å². The molecule has 0 radical (unpaired) electrons. The lowest BCUT2D eigenvalue weighted by Crippen LogP contribution is -2.18. The number of aliphatic carboxylic acids is 1. The second-order valence-electron chi connectivity index (χ2n) is 2.07. The highest BCUT2D eigenvalue weighted by Crippen LogP contribution is 2.05. The quantitative estimate of drug-likeness (QED) is 0.367. The highest BCUT2D eigenvalue weighted by molar-refractivity contribution is 5.67. The van der Waals surface area contributed by atoms with Crippen LogP contribution in [-0.4, -0.2) is 33.6 Å². The summed E-state index contributed by atoms with van der Waals surface area (Å²) in [5.74, 6) is -1.18. The first-order chi connectivity index (χ1) is 5.06. The molecule has 0 bridgehead atoms. The summed E-state index contributed by atoms with van der Waals surface area (Å²) in [4.78, 5) is 19.8. The maximum Gasteiger partial charge on any atom is 0.305 e. The van der Waals surface area contributed by atoms with Crippen LogP contribution in [0.4, 0.5) is 0 Å². The summed E-state index contributed by atoms with van der Waals surface area (Å²) in [5, 5.41) is 27.2. The van der Waals surface area contributed by atoms with E-state index in [2.05, 4.69) is 5.18 Å². The maximum atomic E-state index is 9.99. The van der Waals surface area contributed by atoms with Crippen LogP contribution < -0.4 is 0 Å². The van der Waals surface area contributed by atoms with E-state index in [0.717, 1.165) is 0 Å². The van der Waals surface area contributed by atoms with Gasteiger partial charge in [-0.3, -0.25) is 4.79 Å². The number of carboxylic acids is 1. The molecule has 0 rings (SSSR count). The molecule has 6 heteroatoms. The minimum Gasteiger partial charge on any atom is -0.481 e. The highest BCUT2D eigenvalue weighted by Gasteiger charge is 2.16. The third-order valence-electron chi connectivity index (χ3n) is 1.04. The van der Waals surface area contributed by atoms with E-state index < -0.39 is 24.7 Å². The van der Waals surface area contributed by atoms with E-state index in [0.29, 0.717) is 0 Å². The molecular weight excluding hydrogens is 154 g/mol. The van der Waals surface area contributed by atoms with Crippen molar-refractivity contribution in [2.24, 2.45) is 5.18 Å². The molecule has 0 aliphatic heterocycles. The lowest BCUT2D eigenvalue weighted by Gasteiger charge is -2.06. The molecule has 0 heterocycles. The van der Waals surface area contributed by atoms with E-state index in [9.17, 15) is 9.70 Å². The minimum atomic E-state index is -1.68. The van der Waals surface area contributed by atoms with Gasteiger partial charge in [0.2, 0.25) is 0 Å². The largest absolute Gasteiger partial charge is 0.481 e. The predicted octanol–water partition coefficient (Wildman–Crippen LogP) is -0.703. The van der Waals surface area contributed by atoms with Crippen molar-refractivity contribution >= 4 is 5.97 Å². The van der Waals surface area contributed by atoms with Gasteiger partial charge in [0, 0.05) is 6.42 Å². The van der Waals surface area contributed by atoms with E-state index in [4.69, 9.17) is 15.3 Å². The van der Waals surface area contributed by atoms with E-state index in [1.807, 2.05) is 0 Å². The molecule has 0 spiro atoms. The fraction of sp³-hybridized carbons (Fsp3) is 0.800. The number of hydrogen-bond donors (Lipinski definition) is 3. The highest BCUT2D eigenvalue weighted by atomic mass is 16.5. The summed E-state index contributed by atoms with van der Waals surface area (Å²) in [5.41, 5.74) is 0. The van der Waals surface area contributed by atoms with Crippen LogP contribution in [0.5, 0.6) is 0 Å². The summed E-state index contributed by atoms with van der Waals surface area (Å²) in [7, 11) is 0. The van der Waals surface area contributed by atoms with Crippen molar-refractivity contribution in [1.82, 2.24) is 0 Å². The van der Waals surface area contributed by atoms with E-state index in [1.165, 1.54) is 0 Å². The molecule has 0 saturated carbocycles.